The van der Waals surface area contributed by atoms with Crippen LogP contribution in [0.4, 0.5) is 0 Å². The molecule has 5 aromatic rings. The van der Waals surface area contributed by atoms with Crippen LogP contribution in [0.2, 0.25) is 0 Å². The van der Waals surface area contributed by atoms with Crippen LogP contribution in [0.3, 0.4) is 0 Å². The normalized spacial score (nSPS) is 11.8. The van der Waals surface area contributed by atoms with Gasteiger partial charge in [0, 0.05) is 5.41 Å². The maximum atomic E-state index is 2.44. The second kappa shape index (κ2) is 9.19. The van der Waals surface area contributed by atoms with Crippen LogP contribution in [-0.4, -0.2) is 6.15 Å². The van der Waals surface area contributed by atoms with Gasteiger partial charge in [0.2, 0.25) is 0 Å². The van der Waals surface area contributed by atoms with Gasteiger partial charge in [0.15, 0.2) is 0 Å². The summed E-state index contributed by atoms with van der Waals surface area (Å²) in [5, 5.41) is 0. The van der Waals surface area contributed by atoms with Gasteiger partial charge in [-0.15, -0.1) is 0 Å². The predicted molar refractivity (Wildman–Crippen MR) is 149 cm³/mol. The lowest BCUT2D eigenvalue weighted by molar-refractivity contribution is 0.641. The van der Waals surface area contributed by atoms with Crippen LogP contribution in [0.25, 0.3) is 0 Å². The zero-order valence-electron chi connectivity index (χ0n) is 19.9. The molecule has 0 saturated heterocycles. The van der Waals surface area contributed by atoms with Gasteiger partial charge >= 0.3 is 0 Å². The Kier molecular flexibility index (Phi) is 5.94. The predicted octanol–water partition coefficient (Wildman–Crippen LogP) is 5.39. The van der Waals surface area contributed by atoms with Crippen molar-refractivity contribution in [2.24, 2.45) is 0 Å². The number of benzene rings is 5. The maximum absolute atomic E-state index is 2.44. The molecule has 5 rings (SSSR count). The third kappa shape index (κ3) is 3.78. The molecule has 0 unspecified atom stereocenters. The molecule has 166 valence electrons. The molecule has 0 N–H and O–H groups in total. The average Bonchev–Trinajstić information content (AvgIpc) is 2.92. The van der Waals surface area contributed by atoms with Crippen molar-refractivity contribution in [3.8, 4) is 0 Å². The van der Waals surface area contributed by atoms with Gasteiger partial charge in [0.25, 0.3) is 0 Å². The van der Waals surface area contributed by atoms with Crippen molar-refractivity contribution in [3.05, 3.63) is 157 Å². The molecule has 0 fully saturated rings. The molecule has 0 spiro atoms. The number of hydrogen-bond acceptors (Lipinski definition) is 0. The summed E-state index contributed by atoms with van der Waals surface area (Å²) in [5.74, 6) is 0. The summed E-state index contributed by atoms with van der Waals surface area (Å²) in [6.45, 7) is 4.65. The molecular weight excluding hydrogens is 407 g/mol. The van der Waals surface area contributed by atoms with E-state index >= 15 is 0 Å². The van der Waals surface area contributed by atoms with Crippen molar-refractivity contribution in [1.29, 1.82) is 0 Å². The molecule has 5 aromatic carbocycles. The fourth-order valence-corrected chi connectivity index (χ4v) is 5.60. The summed E-state index contributed by atoms with van der Waals surface area (Å²) in [4.78, 5) is 0. The first-order valence-corrected chi connectivity index (χ1v) is 12.1. The van der Waals surface area contributed by atoms with E-state index in [1.54, 1.807) is 0 Å². The maximum Gasteiger partial charge on any atom is 0.108 e. The molecule has 0 aliphatic carbocycles. The van der Waals surface area contributed by atoms with Crippen LogP contribution in [-0.2, 0) is 5.41 Å². The summed E-state index contributed by atoms with van der Waals surface area (Å²) in [7, 11) is 0. The van der Waals surface area contributed by atoms with Crippen LogP contribution < -0.4 is 21.9 Å². The highest BCUT2D eigenvalue weighted by atomic mass is 14.3. The third-order valence-corrected chi connectivity index (χ3v) is 7.50. The topological polar surface area (TPSA) is 0 Å². The van der Waals surface area contributed by atoms with E-state index in [0.29, 0.717) is 0 Å². The van der Waals surface area contributed by atoms with Crippen molar-refractivity contribution < 1.29 is 0 Å². The Morgan fingerprint density at radius 1 is 0.382 bits per heavy atom. The first-order valence-electron chi connectivity index (χ1n) is 12.1. The van der Waals surface area contributed by atoms with Crippen molar-refractivity contribution in [2.45, 2.75) is 19.3 Å². The van der Waals surface area contributed by atoms with Crippen LogP contribution in [0, 0.1) is 0 Å². The molecule has 0 radical (unpaired) electrons. The molecule has 0 amide bonds. The van der Waals surface area contributed by atoms with Gasteiger partial charge in [0.05, 0.1) is 0 Å². The largest absolute Gasteiger partial charge is 0.195 e. The lowest BCUT2D eigenvalue weighted by atomic mass is 9.13. The zero-order valence-corrected chi connectivity index (χ0v) is 19.9. The Morgan fingerprint density at radius 3 is 1.18 bits per heavy atom. The summed E-state index contributed by atoms with van der Waals surface area (Å²) in [6.07, 6.45) is -1.36. The fourth-order valence-electron chi connectivity index (χ4n) is 5.60. The van der Waals surface area contributed by atoms with E-state index in [9.17, 15) is 0 Å². The van der Waals surface area contributed by atoms with Crippen LogP contribution in [0.1, 0.15) is 25.0 Å². The van der Waals surface area contributed by atoms with E-state index in [1.807, 2.05) is 0 Å². The molecule has 0 aromatic heterocycles. The first kappa shape index (κ1) is 22.0. The molecule has 0 aliphatic rings. The Morgan fingerprint density at radius 2 is 0.735 bits per heavy atom. The minimum atomic E-state index is -1.36. The molecule has 0 bridgehead atoms. The smallest absolute Gasteiger partial charge is 0.108 e. The van der Waals surface area contributed by atoms with Gasteiger partial charge in [-0.1, -0.05) is 159 Å². The minimum Gasteiger partial charge on any atom is -0.195 e. The van der Waals surface area contributed by atoms with Gasteiger partial charge in [0.1, 0.15) is 6.15 Å². The molecular formula is C33H30B-. The van der Waals surface area contributed by atoms with Gasteiger partial charge in [-0.25, -0.2) is 0 Å². The molecule has 0 saturated carbocycles. The van der Waals surface area contributed by atoms with Crippen molar-refractivity contribution >= 4 is 28.0 Å². The number of rotatable bonds is 6. The molecule has 0 nitrogen and oxygen atoms in total. The Labute approximate surface area is 203 Å². The quantitative estimate of drug-likeness (QED) is 0.313. The summed E-state index contributed by atoms with van der Waals surface area (Å²) in [5.41, 5.74) is 7.86. The highest BCUT2D eigenvalue weighted by molar-refractivity contribution is 7.19. The van der Waals surface area contributed by atoms with Crippen molar-refractivity contribution in [3.63, 3.8) is 0 Å². The number of hydrogen-bond donors (Lipinski definition) is 0. The highest BCUT2D eigenvalue weighted by Gasteiger charge is 2.32. The Hall–Kier alpha value is -3.84. The van der Waals surface area contributed by atoms with Gasteiger partial charge in [-0.2, -0.15) is 21.9 Å². The fraction of sp³-hybridized carbons (Fsp3) is 0.0909. The van der Waals surface area contributed by atoms with Gasteiger partial charge in [-0.05, 0) is 11.1 Å². The monoisotopic (exact) mass is 437 g/mol. The van der Waals surface area contributed by atoms with E-state index in [4.69, 9.17) is 0 Å². The van der Waals surface area contributed by atoms with Crippen LogP contribution >= 0.6 is 0 Å². The Balaban J connectivity index is 1.82. The van der Waals surface area contributed by atoms with E-state index in [-0.39, 0.29) is 5.41 Å². The van der Waals surface area contributed by atoms with Gasteiger partial charge in [-0.3, -0.25) is 0 Å². The summed E-state index contributed by atoms with van der Waals surface area (Å²) in [6, 6.07) is 53.1. The molecule has 0 heterocycles. The first-order chi connectivity index (χ1) is 16.6. The standard InChI is InChI=1S/C33H30B/c1-33(2,27-16-7-3-8-17-27)28-18-15-25-32(26-28)34(29-19-9-4-10-20-29,30-21-11-5-12-22-30)31-23-13-6-14-24-31/h3-26H,1-2H3/q-1. The average molecular weight is 437 g/mol. The molecule has 0 aliphatic heterocycles. The summed E-state index contributed by atoms with van der Waals surface area (Å²) >= 11 is 0. The molecule has 1 heteroatoms. The summed E-state index contributed by atoms with van der Waals surface area (Å²) < 4.78 is 0. The lowest BCUT2D eigenvalue weighted by Gasteiger charge is -2.45. The third-order valence-electron chi connectivity index (χ3n) is 7.50. The minimum absolute atomic E-state index is 0.108. The second-order valence-electron chi connectivity index (χ2n) is 9.71. The van der Waals surface area contributed by atoms with Gasteiger partial charge < -0.3 is 0 Å². The van der Waals surface area contributed by atoms with Crippen LogP contribution in [0.5, 0.6) is 0 Å². The van der Waals surface area contributed by atoms with Crippen molar-refractivity contribution in [2.75, 3.05) is 0 Å². The van der Waals surface area contributed by atoms with E-state index in [0.717, 1.165) is 0 Å². The SMILES string of the molecule is CC(C)(c1ccccc1)c1cccc([B-](c2ccccc2)(c2ccccc2)c2ccccc2)c1. The lowest BCUT2D eigenvalue weighted by Crippen LogP contribution is -2.74. The Bertz CT molecular complexity index is 1240. The van der Waals surface area contributed by atoms with E-state index < -0.39 is 6.15 Å². The molecule has 34 heavy (non-hydrogen) atoms. The van der Waals surface area contributed by atoms with Crippen molar-refractivity contribution in [1.82, 2.24) is 0 Å². The van der Waals surface area contributed by atoms with E-state index in [2.05, 4.69) is 159 Å². The second-order valence-corrected chi connectivity index (χ2v) is 9.71. The van der Waals surface area contributed by atoms with E-state index in [1.165, 1.54) is 33.0 Å². The zero-order chi connectivity index (χ0) is 23.4. The highest BCUT2D eigenvalue weighted by Crippen LogP contribution is 2.31. The molecule has 0 atom stereocenters. The van der Waals surface area contributed by atoms with Crippen LogP contribution in [0.15, 0.2) is 146 Å².